The first-order valence-electron chi connectivity index (χ1n) is 4.87. The van der Waals surface area contributed by atoms with Gasteiger partial charge in [0.15, 0.2) is 0 Å². The standard InChI is InChI=1S/C10H17O3PS/c1-3-15(4-2,14(11,12)13)10-8-6-5-7-9-10/h5-9H,3-4H2,1-2H3,(H2,11,12,13). The molecule has 15 heavy (non-hydrogen) atoms. The lowest BCUT2D eigenvalue weighted by molar-refractivity contribution is 0.395. The molecule has 1 aromatic carbocycles. The summed E-state index contributed by atoms with van der Waals surface area (Å²) in [6.45, 7) is -0.341. The van der Waals surface area contributed by atoms with Crippen LogP contribution in [-0.2, 0) is 4.57 Å². The molecule has 0 bridgehead atoms. The molecular weight excluding hydrogens is 231 g/mol. The van der Waals surface area contributed by atoms with Gasteiger partial charge in [-0.3, -0.25) is 0 Å². The van der Waals surface area contributed by atoms with Gasteiger partial charge in [0.2, 0.25) is 0 Å². The fourth-order valence-corrected chi connectivity index (χ4v) is 7.58. The lowest BCUT2D eigenvalue weighted by Crippen LogP contribution is -2.07. The first-order chi connectivity index (χ1) is 6.98. The first kappa shape index (κ1) is 12.8. The predicted octanol–water partition coefficient (Wildman–Crippen LogP) is 2.98. The Balaban J connectivity index is 3.31. The van der Waals surface area contributed by atoms with Gasteiger partial charge in [-0.1, -0.05) is 32.0 Å². The Labute approximate surface area is 91.8 Å². The molecule has 0 atom stereocenters. The molecule has 0 unspecified atom stereocenters. The highest BCUT2D eigenvalue weighted by Gasteiger charge is 2.39. The van der Waals surface area contributed by atoms with Crippen molar-refractivity contribution in [2.24, 2.45) is 0 Å². The van der Waals surface area contributed by atoms with Crippen LogP contribution in [0.5, 0.6) is 0 Å². The van der Waals surface area contributed by atoms with E-state index in [9.17, 15) is 14.4 Å². The molecule has 0 radical (unpaired) electrons. The average molecular weight is 248 g/mol. The molecule has 1 aromatic rings. The summed E-state index contributed by atoms with van der Waals surface area (Å²) >= 11 is 0. The molecular formula is C10H17O3PS. The number of hydrogen-bond acceptors (Lipinski definition) is 1. The summed E-state index contributed by atoms with van der Waals surface area (Å²) in [7, 11) is -2.00. The van der Waals surface area contributed by atoms with Crippen molar-refractivity contribution in [2.45, 2.75) is 18.7 Å². The minimum atomic E-state index is -4.05. The number of benzene rings is 1. The van der Waals surface area contributed by atoms with Crippen LogP contribution in [0.25, 0.3) is 0 Å². The van der Waals surface area contributed by atoms with Crippen molar-refractivity contribution in [3.05, 3.63) is 30.3 Å². The van der Waals surface area contributed by atoms with Gasteiger partial charge >= 0.3 is 6.80 Å². The van der Waals surface area contributed by atoms with Gasteiger partial charge in [0.25, 0.3) is 0 Å². The van der Waals surface area contributed by atoms with Gasteiger partial charge in [0.1, 0.15) is 0 Å². The molecule has 0 aliphatic carbocycles. The summed E-state index contributed by atoms with van der Waals surface area (Å²) in [5.74, 6) is 1.05. The maximum Gasteiger partial charge on any atom is 0.370 e. The van der Waals surface area contributed by atoms with Crippen LogP contribution in [0.1, 0.15) is 13.8 Å². The molecule has 0 aromatic heterocycles. The molecule has 0 amide bonds. The highest BCUT2D eigenvalue weighted by Crippen LogP contribution is 2.80. The first-order valence-corrected chi connectivity index (χ1v) is 9.06. The van der Waals surface area contributed by atoms with E-state index in [-0.39, 0.29) is 0 Å². The normalized spacial score (nSPS) is 13.9. The van der Waals surface area contributed by atoms with Crippen LogP contribution >= 0.6 is 16.4 Å². The third-order valence-electron chi connectivity index (χ3n) is 2.59. The second-order valence-corrected chi connectivity index (χ2v) is 11.0. The van der Waals surface area contributed by atoms with Crippen LogP contribution in [0.2, 0.25) is 0 Å². The van der Waals surface area contributed by atoms with Crippen LogP contribution < -0.4 is 0 Å². The lowest BCUT2D eigenvalue weighted by atomic mass is 10.4. The van der Waals surface area contributed by atoms with E-state index in [1.807, 2.05) is 44.2 Å². The molecule has 0 fully saturated rings. The Morgan fingerprint density at radius 3 is 1.93 bits per heavy atom. The van der Waals surface area contributed by atoms with E-state index in [0.717, 1.165) is 4.90 Å². The monoisotopic (exact) mass is 248 g/mol. The van der Waals surface area contributed by atoms with Crippen LogP contribution in [0.15, 0.2) is 35.2 Å². The van der Waals surface area contributed by atoms with E-state index in [0.29, 0.717) is 11.5 Å². The molecule has 2 N–H and O–H groups in total. The Hall–Kier alpha value is -0.280. The van der Waals surface area contributed by atoms with Crippen LogP contribution in [0, 0.1) is 0 Å². The highest BCUT2D eigenvalue weighted by atomic mass is 32.8. The quantitative estimate of drug-likeness (QED) is 0.805. The lowest BCUT2D eigenvalue weighted by Gasteiger charge is -2.38. The summed E-state index contributed by atoms with van der Waals surface area (Å²) in [5.41, 5.74) is 0. The molecule has 5 heteroatoms. The number of hydrogen-bond donors (Lipinski definition) is 2. The highest BCUT2D eigenvalue weighted by molar-refractivity contribution is 8.76. The third-order valence-corrected chi connectivity index (χ3v) is 11.5. The van der Waals surface area contributed by atoms with Crippen molar-refractivity contribution >= 4 is 16.4 Å². The third kappa shape index (κ3) is 2.28. The Bertz CT molecular complexity index is 356. The Morgan fingerprint density at radius 1 is 1.13 bits per heavy atom. The molecule has 3 nitrogen and oxygen atoms in total. The van der Waals surface area contributed by atoms with Gasteiger partial charge in [-0.05, 0) is 23.6 Å². The SMILES string of the molecule is CCS(CC)(c1ccccc1)P(=O)(O)O. The largest absolute Gasteiger partial charge is 0.370 e. The van der Waals surface area contributed by atoms with Gasteiger partial charge in [-0.25, -0.2) is 4.57 Å². The van der Waals surface area contributed by atoms with Crippen molar-refractivity contribution in [1.82, 2.24) is 0 Å². The molecule has 0 saturated heterocycles. The van der Waals surface area contributed by atoms with Crippen LogP contribution in [-0.4, -0.2) is 21.3 Å². The van der Waals surface area contributed by atoms with Crippen molar-refractivity contribution in [1.29, 1.82) is 0 Å². The number of rotatable bonds is 4. The maximum absolute atomic E-state index is 11.6. The summed E-state index contributed by atoms with van der Waals surface area (Å²) in [5, 5.41) is 0. The van der Waals surface area contributed by atoms with Crippen molar-refractivity contribution in [2.75, 3.05) is 11.5 Å². The summed E-state index contributed by atoms with van der Waals surface area (Å²) in [4.78, 5) is 19.9. The molecule has 0 spiro atoms. The van der Waals surface area contributed by atoms with Gasteiger partial charge in [-0.2, -0.15) is 0 Å². The van der Waals surface area contributed by atoms with Crippen LogP contribution in [0.4, 0.5) is 0 Å². The van der Waals surface area contributed by atoms with Crippen molar-refractivity contribution in [3.63, 3.8) is 0 Å². The smallest absolute Gasteiger partial charge is 0.317 e. The predicted molar refractivity (Wildman–Crippen MR) is 65.4 cm³/mol. The zero-order chi connectivity index (χ0) is 11.5. The Morgan fingerprint density at radius 2 is 1.60 bits per heavy atom. The zero-order valence-corrected chi connectivity index (χ0v) is 10.7. The zero-order valence-electron chi connectivity index (χ0n) is 8.96. The summed E-state index contributed by atoms with van der Waals surface area (Å²) < 4.78 is 11.6. The molecule has 86 valence electrons. The summed E-state index contributed by atoms with van der Waals surface area (Å²) in [6, 6.07) is 9.16. The van der Waals surface area contributed by atoms with E-state index < -0.39 is 16.4 Å². The molecule has 0 aliphatic rings. The average Bonchev–Trinajstić information content (AvgIpc) is 2.20. The van der Waals surface area contributed by atoms with E-state index in [2.05, 4.69) is 0 Å². The maximum atomic E-state index is 11.6. The summed E-state index contributed by atoms with van der Waals surface area (Å²) in [6.07, 6.45) is 0. The molecule has 0 heterocycles. The van der Waals surface area contributed by atoms with Crippen LogP contribution in [0.3, 0.4) is 0 Å². The second-order valence-electron chi connectivity index (χ2n) is 3.22. The van der Waals surface area contributed by atoms with Gasteiger partial charge < -0.3 is 9.79 Å². The second kappa shape index (κ2) is 4.71. The molecule has 0 saturated carbocycles. The Kier molecular flexibility index (Phi) is 4.01. The molecule has 0 aliphatic heterocycles. The minimum absolute atomic E-state index is 0.526. The molecule has 1 rings (SSSR count). The van der Waals surface area contributed by atoms with Crippen molar-refractivity contribution < 1.29 is 14.4 Å². The van der Waals surface area contributed by atoms with Gasteiger partial charge in [0, 0.05) is 4.90 Å². The van der Waals surface area contributed by atoms with E-state index in [1.165, 1.54) is 0 Å². The van der Waals surface area contributed by atoms with Crippen molar-refractivity contribution in [3.8, 4) is 0 Å². The fourth-order valence-electron chi connectivity index (χ4n) is 1.68. The topological polar surface area (TPSA) is 57.5 Å². The minimum Gasteiger partial charge on any atom is -0.317 e. The van der Waals surface area contributed by atoms with E-state index in [4.69, 9.17) is 0 Å². The fraction of sp³-hybridized carbons (Fsp3) is 0.400. The van der Waals surface area contributed by atoms with E-state index in [1.54, 1.807) is 0 Å². The van der Waals surface area contributed by atoms with Gasteiger partial charge in [0.05, 0.1) is 0 Å². The van der Waals surface area contributed by atoms with Gasteiger partial charge in [-0.15, -0.1) is 9.65 Å². The van der Waals surface area contributed by atoms with E-state index >= 15 is 0 Å².